The first-order valence-electron chi connectivity index (χ1n) is 3.30. The SMILES string of the molecule is [2H]OC(=O)[C@@H](C)CCC. The van der Waals surface area contributed by atoms with Gasteiger partial charge in [0, 0.05) is 0 Å². The predicted molar refractivity (Wildman–Crippen MR) is 31.7 cm³/mol. The van der Waals surface area contributed by atoms with Crippen molar-refractivity contribution in [3.8, 4) is 0 Å². The molecule has 0 aromatic heterocycles. The molecule has 0 rings (SSSR count). The summed E-state index contributed by atoms with van der Waals surface area (Å²) in [5.74, 6) is -0.552. The Bertz CT molecular complexity index is 93.1. The summed E-state index contributed by atoms with van der Waals surface area (Å²) >= 11 is 0. The van der Waals surface area contributed by atoms with Crippen molar-refractivity contribution in [2.75, 3.05) is 0 Å². The van der Waals surface area contributed by atoms with Crippen molar-refractivity contribution >= 4 is 5.97 Å². The Morgan fingerprint density at radius 1 is 2.00 bits per heavy atom. The number of rotatable bonds is 3. The first-order valence-corrected chi connectivity index (χ1v) is 2.89. The molecule has 0 radical (unpaired) electrons. The molecule has 0 aliphatic heterocycles. The van der Waals surface area contributed by atoms with E-state index in [0.717, 1.165) is 12.8 Å². The van der Waals surface area contributed by atoms with Crippen molar-refractivity contribution < 1.29 is 9.90 Å². The van der Waals surface area contributed by atoms with Crippen molar-refractivity contribution in [2.45, 2.75) is 26.7 Å². The third-order valence-corrected chi connectivity index (χ3v) is 1.12. The quantitative estimate of drug-likeness (QED) is 0.608. The molecule has 0 saturated heterocycles. The molecular formula is C6H12O2. The summed E-state index contributed by atoms with van der Waals surface area (Å²) in [4.78, 5) is 10.5. The molecule has 0 unspecified atom stereocenters. The van der Waals surface area contributed by atoms with Crippen LogP contribution in [0.15, 0.2) is 0 Å². The van der Waals surface area contributed by atoms with Gasteiger partial charge in [-0.05, 0) is 6.42 Å². The van der Waals surface area contributed by atoms with E-state index in [1.54, 1.807) is 6.92 Å². The van der Waals surface area contributed by atoms with Gasteiger partial charge in [0.1, 0.15) is 0 Å². The van der Waals surface area contributed by atoms with Crippen LogP contribution in [-0.4, -0.2) is 11.1 Å². The minimum Gasteiger partial charge on any atom is -0.481 e. The van der Waals surface area contributed by atoms with Crippen LogP contribution >= 0.6 is 0 Å². The smallest absolute Gasteiger partial charge is 0.306 e. The maximum Gasteiger partial charge on any atom is 0.306 e. The Hall–Kier alpha value is -0.530. The number of carboxylic acids is 1. The van der Waals surface area contributed by atoms with Gasteiger partial charge in [0.25, 0.3) is 1.43 Å². The van der Waals surface area contributed by atoms with Crippen LogP contribution in [0, 0.1) is 5.92 Å². The van der Waals surface area contributed by atoms with Gasteiger partial charge < -0.3 is 5.11 Å². The highest BCUT2D eigenvalue weighted by Gasteiger charge is 2.07. The summed E-state index contributed by atoms with van der Waals surface area (Å²) in [7, 11) is 0. The van der Waals surface area contributed by atoms with Gasteiger partial charge in [0.2, 0.25) is 0 Å². The van der Waals surface area contributed by atoms with Gasteiger partial charge in [0.05, 0.1) is 5.92 Å². The molecule has 2 nitrogen and oxygen atoms in total. The minimum absolute atomic E-state index is 0.118. The fourth-order valence-electron chi connectivity index (χ4n) is 0.551. The molecule has 0 fully saturated rings. The molecule has 1 N–H and O–H groups in total. The molecular weight excluding hydrogens is 104 g/mol. The lowest BCUT2D eigenvalue weighted by molar-refractivity contribution is -0.141. The zero-order chi connectivity index (χ0) is 7.28. The van der Waals surface area contributed by atoms with E-state index in [0.29, 0.717) is 0 Å². The summed E-state index contributed by atoms with van der Waals surface area (Å²) in [6, 6.07) is 0. The van der Waals surface area contributed by atoms with Crippen LogP contribution in [0.3, 0.4) is 0 Å². The highest BCUT2D eigenvalue weighted by molar-refractivity contribution is 5.69. The van der Waals surface area contributed by atoms with Crippen molar-refractivity contribution in [3.63, 3.8) is 0 Å². The lowest BCUT2D eigenvalue weighted by atomic mass is 10.1. The Labute approximate surface area is 51.0 Å². The molecule has 0 aromatic carbocycles. The fourth-order valence-corrected chi connectivity index (χ4v) is 0.551. The van der Waals surface area contributed by atoms with Crippen molar-refractivity contribution in [1.82, 2.24) is 0 Å². The van der Waals surface area contributed by atoms with E-state index < -0.39 is 5.97 Å². The molecule has 0 aromatic rings. The Balaban J connectivity index is 3.45. The molecule has 0 aliphatic carbocycles. The largest absolute Gasteiger partial charge is 0.481 e. The van der Waals surface area contributed by atoms with Gasteiger partial charge in [-0.3, -0.25) is 4.79 Å². The van der Waals surface area contributed by atoms with E-state index in [1.165, 1.54) is 0 Å². The topological polar surface area (TPSA) is 37.3 Å². The standard InChI is InChI=1S/C6H12O2/c1-3-4-5(2)6(7)8/h5H,3-4H2,1-2H3,(H,7,8)/t5-/m0/s1/i/hD. The van der Waals surface area contributed by atoms with Crippen molar-refractivity contribution in [2.24, 2.45) is 5.92 Å². The minimum atomic E-state index is -0.433. The second-order valence-electron chi connectivity index (χ2n) is 2.01. The van der Waals surface area contributed by atoms with Crippen LogP contribution in [0.2, 0.25) is 0 Å². The molecule has 48 valence electrons. The van der Waals surface area contributed by atoms with Gasteiger partial charge in [-0.15, -0.1) is 0 Å². The summed E-state index contributed by atoms with van der Waals surface area (Å²) in [5, 5.41) is 3.78. The fraction of sp³-hybridized carbons (Fsp3) is 0.833. The highest BCUT2D eigenvalue weighted by atomic mass is 16.4. The lowest BCUT2D eigenvalue weighted by Gasteiger charge is -2.00. The maximum atomic E-state index is 10.5. The normalized spacial score (nSPS) is 14.5. The van der Waals surface area contributed by atoms with Gasteiger partial charge in [-0.1, -0.05) is 20.3 Å². The number of hydrogen-bond donors (Lipinski definition) is 1. The third-order valence-electron chi connectivity index (χ3n) is 1.12. The van der Waals surface area contributed by atoms with Crippen molar-refractivity contribution in [3.05, 3.63) is 0 Å². The van der Waals surface area contributed by atoms with Crippen LogP contribution in [0.1, 0.15) is 26.7 Å². The van der Waals surface area contributed by atoms with Gasteiger partial charge in [-0.2, -0.15) is 0 Å². The first kappa shape index (κ1) is 5.60. The van der Waals surface area contributed by atoms with E-state index >= 15 is 0 Å². The van der Waals surface area contributed by atoms with E-state index in [9.17, 15) is 4.79 Å². The monoisotopic (exact) mass is 117 g/mol. The summed E-state index contributed by atoms with van der Waals surface area (Å²) in [6.45, 7) is 3.76. The predicted octanol–water partition coefficient (Wildman–Crippen LogP) is 1.51. The molecule has 0 spiro atoms. The maximum absolute atomic E-state index is 10.5. The highest BCUT2D eigenvalue weighted by Crippen LogP contribution is 2.03. The van der Waals surface area contributed by atoms with E-state index in [2.05, 4.69) is 5.11 Å². The van der Waals surface area contributed by atoms with E-state index in [-0.39, 0.29) is 5.92 Å². The van der Waals surface area contributed by atoms with E-state index in [4.69, 9.17) is 1.43 Å². The van der Waals surface area contributed by atoms with Crippen LogP contribution in [0.5, 0.6) is 0 Å². The number of aliphatic carboxylic acids is 1. The number of carboxylic acid groups (broad SMARTS) is 1. The van der Waals surface area contributed by atoms with Gasteiger partial charge in [-0.25, -0.2) is 0 Å². The van der Waals surface area contributed by atoms with Gasteiger partial charge in [0.15, 0.2) is 0 Å². The molecule has 0 amide bonds. The Morgan fingerprint density at radius 3 is 3.00 bits per heavy atom. The molecule has 0 heterocycles. The summed E-state index contributed by atoms with van der Waals surface area (Å²) in [6.07, 6.45) is 1.76. The second-order valence-corrected chi connectivity index (χ2v) is 2.01. The Morgan fingerprint density at radius 2 is 2.62 bits per heavy atom. The van der Waals surface area contributed by atoms with Crippen LogP contribution in [0.4, 0.5) is 0 Å². The Kier molecular flexibility index (Phi) is 2.43. The average molecular weight is 117 g/mol. The van der Waals surface area contributed by atoms with Crippen molar-refractivity contribution in [1.29, 1.82) is 1.43 Å². The van der Waals surface area contributed by atoms with Crippen LogP contribution in [-0.2, 0) is 4.79 Å². The number of carbonyl (C=O) groups is 1. The zero-order valence-corrected chi connectivity index (χ0v) is 5.31. The average Bonchev–Trinajstić information content (AvgIpc) is 1.87. The molecule has 2 heteroatoms. The molecule has 0 saturated carbocycles. The summed E-state index contributed by atoms with van der Waals surface area (Å²) < 4.78 is 6.27. The molecule has 0 aliphatic rings. The van der Waals surface area contributed by atoms with Crippen LogP contribution in [0.25, 0.3) is 1.43 Å². The molecule has 1 atom stereocenters. The molecule has 8 heavy (non-hydrogen) atoms. The summed E-state index contributed by atoms with van der Waals surface area (Å²) in [5.41, 5.74) is 0. The molecule has 0 bridgehead atoms. The lowest BCUT2D eigenvalue weighted by Crippen LogP contribution is -2.08. The van der Waals surface area contributed by atoms with Crippen LogP contribution < -0.4 is 0 Å². The van der Waals surface area contributed by atoms with Gasteiger partial charge >= 0.3 is 5.97 Å². The zero-order valence-electron chi connectivity index (χ0n) is 6.31. The number of hydrogen-bond acceptors (Lipinski definition) is 2. The second kappa shape index (κ2) is 3.47. The first-order chi connectivity index (χ1) is 4.22. The third kappa shape index (κ3) is 2.61. The van der Waals surface area contributed by atoms with E-state index in [1.807, 2.05) is 6.92 Å².